The Morgan fingerprint density at radius 1 is 1.08 bits per heavy atom. The molecule has 4 nitrogen and oxygen atoms in total. The number of nitrogens with two attached hydrogens (primary N) is 1. The van der Waals surface area contributed by atoms with Gasteiger partial charge in [-0.2, -0.15) is 0 Å². The van der Waals surface area contributed by atoms with Crippen LogP contribution in [-0.2, 0) is 4.79 Å². The van der Waals surface area contributed by atoms with Gasteiger partial charge in [0.25, 0.3) is 0 Å². The van der Waals surface area contributed by atoms with Crippen LogP contribution in [-0.4, -0.2) is 21.9 Å². The number of thioether (sulfide) groups is 2. The molecule has 25 heavy (non-hydrogen) atoms. The van der Waals surface area contributed by atoms with Crippen LogP contribution < -0.4 is 5.73 Å². The normalized spacial score (nSPS) is 12.0. The third kappa shape index (κ3) is 4.84. The molecular formula is C18H17N3OS3. The van der Waals surface area contributed by atoms with Gasteiger partial charge in [-0.3, -0.25) is 4.79 Å². The van der Waals surface area contributed by atoms with Crippen molar-refractivity contribution >= 4 is 40.8 Å². The van der Waals surface area contributed by atoms with Crippen LogP contribution in [0.5, 0.6) is 0 Å². The smallest absolute Gasteiger partial charge is 0.227 e. The van der Waals surface area contributed by atoms with Crippen LogP contribution >= 0.6 is 34.9 Å². The first-order valence-electron chi connectivity index (χ1n) is 7.65. The van der Waals surface area contributed by atoms with Crippen molar-refractivity contribution in [3.8, 4) is 0 Å². The molecule has 2 aromatic carbocycles. The highest BCUT2D eigenvalue weighted by Gasteiger charge is 2.20. The fraction of sp³-hybridized carbons (Fsp3) is 0.167. The highest BCUT2D eigenvalue weighted by atomic mass is 32.2. The van der Waals surface area contributed by atoms with Crippen molar-refractivity contribution in [2.45, 2.75) is 20.9 Å². The van der Waals surface area contributed by atoms with Gasteiger partial charge in [0, 0.05) is 0 Å². The zero-order chi connectivity index (χ0) is 17.6. The van der Waals surface area contributed by atoms with Crippen molar-refractivity contribution in [3.05, 3.63) is 71.3 Å². The SMILES string of the molecule is Cc1ccccc1C(Sc1nnc(SCC(N)=O)s1)c1ccccc1. The molecule has 1 heterocycles. The summed E-state index contributed by atoms with van der Waals surface area (Å²) in [6.45, 7) is 2.13. The van der Waals surface area contributed by atoms with E-state index in [0.29, 0.717) is 0 Å². The van der Waals surface area contributed by atoms with Crippen molar-refractivity contribution in [2.24, 2.45) is 5.73 Å². The van der Waals surface area contributed by atoms with Gasteiger partial charge < -0.3 is 5.73 Å². The number of aromatic nitrogens is 2. The standard InChI is InChI=1S/C18H17N3OS3/c1-12-7-5-6-10-14(12)16(13-8-3-2-4-9-13)24-18-21-20-17(25-18)23-11-15(19)22/h2-10,16H,11H2,1H3,(H2,19,22). The van der Waals surface area contributed by atoms with E-state index in [1.54, 1.807) is 11.8 Å². The van der Waals surface area contributed by atoms with Gasteiger partial charge in [0.05, 0.1) is 11.0 Å². The molecule has 0 saturated carbocycles. The molecule has 0 radical (unpaired) electrons. The number of carbonyl (C=O) groups excluding carboxylic acids is 1. The maximum absolute atomic E-state index is 10.9. The van der Waals surface area contributed by atoms with Crippen LogP contribution in [0.25, 0.3) is 0 Å². The van der Waals surface area contributed by atoms with E-state index in [4.69, 9.17) is 5.73 Å². The molecule has 0 spiro atoms. The van der Waals surface area contributed by atoms with E-state index >= 15 is 0 Å². The molecule has 0 aliphatic rings. The monoisotopic (exact) mass is 387 g/mol. The number of hydrogen-bond acceptors (Lipinski definition) is 6. The average Bonchev–Trinajstić information content (AvgIpc) is 3.07. The Kier molecular flexibility index (Phi) is 6.12. The summed E-state index contributed by atoms with van der Waals surface area (Å²) in [6.07, 6.45) is 0. The minimum Gasteiger partial charge on any atom is -0.369 e. The first kappa shape index (κ1) is 18.0. The minimum absolute atomic E-state index is 0.143. The number of hydrogen-bond donors (Lipinski definition) is 1. The molecule has 1 aromatic heterocycles. The van der Waals surface area contributed by atoms with Crippen LogP contribution in [0.1, 0.15) is 21.9 Å². The van der Waals surface area contributed by atoms with E-state index in [-0.39, 0.29) is 16.9 Å². The summed E-state index contributed by atoms with van der Waals surface area (Å²) >= 11 is 4.50. The fourth-order valence-electron chi connectivity index (χ4n) is 2.36. The number of nitrogens with zero attached hydrogens (tertiary/aromatic N) is 2. The highest BCUT2D eigenvalue weighted by Crippen LogP contribution is 2.43. The number of primary amides is 1. The number of amides is 1. The van der Waals surface area contributed by atoms with Gasteiger partial charge in [-0.25, -0.2) is 0 Å². The van der Waals surface area contributed by atoms with Gasteiger partial charge in [0.1, 0.15) is 0 Å². The number of carbonyl (C=O) groups is 1. The predicted molar refractivity (Wildman–Crippen MR) is 105 cm³/mol. The topological polar surface area (TPSA) is 68.9 Å². The first-order valence-corrected chi connectivity index (χ1v) is 10.3. The van der Waals surface area contributed by atoms with E-state index in [1.165, 1.54) is 39.8 Å². The maximum atomic E-state index is 10.9. The Morgan fingerprint density at radius 2 is 1.76 bits per heavy atom. The zero-order valence-corrected chi connectivity index (χ0v) is 16.0. The van der Waals surface area contributed by atoms with Gasteiger partial charge in [-0.15, -0.1) is 10.2 Å². The lowest BCUT2D eigenvalue weighted by atomic mass is 10.0. The second kappa shape index (κ2) is 8.51. The molecule has 0 saturated heterocycles. The molecule has 0 aliphatic carbocycles. The van der Waals surface area contributed by atoms with Gasteiger partial charge in [-0.1, -0.05) is 89.5 Å². The number of benzene rings is 2. The molecule has 1 amide bonds. The van der Waals surface area contributed by atoms with Crippen molar-refractivity contribution in [3.63, 3.8) is 0 Å². The molecule has 128 valence electrons. The first-order chi connectivity index (χ1) is 12.1. The number of rotatable bonds is 7. The van der Waals surface area contributed by atoms with Gasteiger partial charge in [-0.05, 0) is 23.6 Å². The summed E-state index contributed by atoms with van der Waals surface area (Å²) in [5.74, 6) is -0.129. The summed E-state index contributed by atoms with van der Waals surface area (Å²) in [5.41, 5.74) is 8.92. The van der Waals surface area contributed by atoms with E-state index < -0.39 is 0 Å². The van der Waals surface area contributed by atoms with Crippen LogP contribution in [0.4, 0.5) is 0 Å². The van der Waals surface area contributed by atoms with Crippen molar-refractivity contribution in [2.75, 3.05) is 5.75 Å². The largest absolute Gasteiger partial charge is 0.369 e. The highest BCUT2D eigenvalue weighted by molar-refractivity contribution is 8.03. The molecule has 2 N–H and O–H groups in total. The fourth-order valence-corrected chi connectivity index (χ4v) is 5.53. The number of aryl methyl sites for hydroxylation is 1. The summed E-state index contributed by atoms with van der Waals surface area (Å²) < 4.78 is 1.64. The second-order valence-electron chi connectivity index (χ2n) is 5.35. The van der Waals surface area contributed by atoms with Crippen molar-refractivity contribution < 1.29 is 4.79 Å². The maximum Gasteiger partial charge on any atom is 0.227 e. The Balaban J connectivity index is 1.86. The molecule has 3 aromatic rings. The second-order valence-corrected chi connectivity index (χ2v) is 8.91. The van der Waals surface area contributed by atoms with Crippen LogP contribution in [0.2, 0.25) is 0 Å². The third-order valence-electron chi connectivity index (χ3n) is 3.52. The lowest BCUT2D eigenvalue weighted by Crippen LogP contribution is -2.12. The lowest BCUT2D eigenvalue weighted by molar-refractivity contribution is -0.115. The average molecular weight is 388 g/mol. The third-order valence-corrected chi connectivity index (χ3v) is 6.98. The summed E-state index contributed by atoms with van der Waals surface area (Å²) in [6, 6.07) is 18.8. The van der Waals surface area contributed by atoms with E-state index in [2.05, 4.69) is 65.7 Å². The molecule has 1 atom stereocenters. The van der Waals surface area contributed by atoms with Gasteiger partial charge in [0.2, 0.25) is 5.91 Å². The van der Waals surface area contributed by atoms with Crippen molar-refractivity contribution in [1.29, 1.82) is 0 Å². The Bertz CT molecular complexity index is 852. The van der Waals surface area contributed by atoms with E-state index in [9.17, 15) is 4.79 Å². The Morgan fingerprint density at radius 3 is 2.48 bits per heavy atom. The molecule has 0 fully saturated rings. The Hall–Kier alpha value is -1.83. The molecular weight excluding hydrogens is 370 g/mol. The molecule has 1 unspecified atom stereocenters. The molecule has 0 aliphatic heterocycles. The van der Waals surface area contributed by atoms with Crippen LogP contribution in [0.3, 0.4) is 0 Å². The van der Waals surface area contributed by atoms with Gasteiger partial charge in [0.15, 0.2) is 8.68 Å². The minimum atomic E-state index is -0.350. The van der Waals surface area contributed by atoms with Crippen LogP contribution in [0, 0.1) is 6.92 Å². The summed E-state index contributed by atoms with van der Waals surface area (Å²) in [5, 5.41) is 8.57. The quantitative estimate of drug-likeness (QED) is 0.612. The van der Waals surface area contributed by atoms with Gasteiger partial charge >= 0.3 is 0 Å². The van der Waals surface area contributed by atoms with Crippen LogP contribution in [0.15, 0.2) is 63.3 Å². The summed E-state index contributed by atoms with van der Waals surface area (Å²) in [7, 11) is 0. The Labute approximate surface area is 159 Å². The zero-order valence-electron chi connectivity index (χ0n) is 13.6. The molecule has 0 bridgehead atoms. The molecule has 7 heteroatoms. The van der Waals surface area contributed by atoms with Crippen molar-refractivity contribution in [1.82, 2.24) is 10.2 Å². The van der Waals surface area contributed by atoms with E-state index in [1.807, 2.05) is 6.07 Å². The lowest BCUT2D eigenvalue weighted by Gasteiger charge is -2.18. The predicted octanol–water partition coefficient (Wildman–Crippen LogP) is 4.31. The van der Waals surface area contributed by atoms with E-state index in [0.717, 1.165) is 8.68 Å². The molecule has 3 rings (SSSR count). The summed E-state index contributed by atoms with van der Waals surface area (Å²) in [4.78, 5) is 10.9.